The highest BCUT2D eigenvalue weighted by Gasteiger charge is 2.17. The van der Waals surface area contributed by atoms with Crippen molar-refractivity contribution in [3.63, 3.8) is 0 Å². The van der Waals surface area contributed by atoms with E-state index in [2.05, 4.69) is 20.9 Å². The van der Waals surface area contributed by atoms with Gasteiger partial charge in [0.1, 0.15) is 29.0 Å². The predicted molar refractivity (Wildman–Crippen MR) is 98.4 cm³/mol. The van der Waals surface area contributed by atoms with Gasteiger partial charge in [-0.1, -0.05) is 34.1 Å². The first-order valence-corrected chi connectivity index (χ1v) is 8.14. The van der Waals surface area contributed by atoms with E-state index < -0.39 is 5.82 Å². The molecule has 0 fully saturated rings. The third-order valence-corrected chi connectivity index (χ3v) is 4.26. The monoisotopic (exact) mass is 397 g/mol. The Kier molecular flexibility index (Phi) is 4.68. The smallest absolute Gasteiger partial charge is 0.142 e. The van der Waals surface area contributed by atoms with Gasteiger partial charge < -0.3 is 10.5 Å². The molecular weight excluding hydrogens is 385 g/mol. The van der Waals surface area contributed by atoms with E-state index in [4.69, 9.17) is 10.5 Å². The topological polar surface area (TPSA) is 71.9 Å². The molecule has 1 aromatic heterocycles. The van der Waals surface area contributed by atoms with Crippen LogP contribution in [0.5, 0.6) is 5.75 Å². The number of nitrogens with zero attached hydrogens (tertiary/aromatic N) is 2. The molecule has 0 atom stereocenters. The number of halogens is 2. The molecule has 2 N–H and O–H groups in total. The molecule has 0 bridgehead atoms. The molecule has 3 rings (SSSR count). The van der Waals surface area contributed by atoms with Gasteiger partial charge in [0.2, 0.25) is 0 Å². The van der Waals surface area contributed by atoms with Gasteiger partial charge in [-0.05, 0) is 30.3 Å². The van der Waals surface area contributed by atoms with Crippen LogP contribution in [0.4, 0.5) is 10.2 Å². The molecule has 0 spiro atoms. The van der Waals surface area contributed by atoms with Gasteiger partial charge in [0.05, 0.1) is 12.8 Å². The largest absolute Gasteiger partial charge is 0.496 e. The summed E-state index contributed by atoms with van der Waals surface area (Å²) in [4.78, 5) is 4.30. The molecule has 0 aliphatic carbocycles. The number of hydrogen-bond donors (Lipinski definition) is 1. The summed E-state index contributed by atoms with van der Waals surface area (Å²) in [6.45, 7) is 0. The number of anilines is 1. The van der Waals surface area contributed by atoms with Crippen molar-refractivity contribution >= 4 is 21.7 Å². The maximum absolute atomic E-state index is 14.4. The number of aromatic nitrogens is 1. The summed E-state index contributed by atoms with van der Waals surface area (Å²) in [5.74, 6) is 0.201. The fourth-order valence-electron chi connectivity index (χ4n) is 2.60. The molecular formula is C19H13BrFN3O. The Morgan fingerprint density at radius 3 is 2.56 bits per heavy atom. The van der Waals surface area contributed by atoms with Gasteiger partial charge in [0, 0.05) is 21.2 Å². The lowest BCUT2D eigenvalue weighted by Gasteiger charge is -2.13. The first kappa shape index (κ1) is 16.9. The minimum Gasteiger partial charge on any atom is -0.496 e. The maximum atomic E-state index is 14.4. The fourth-order valence-corrected chi connectivity index (χ4v) is 2.93. The molecule has 25 heavy (non-hydrogen) atoms. The van der Waals surface area contributed by atoms with Gasteiger partial charge in [0.25, 0.3) is 0 Å². The van der Waals surface area contributed by atoms with E-state index in [0.29, 0.717) is 27.0 Å². The fraction of sp³-hybridized carbons (Fsp3) is 0.0526. The number of ether oxygens (including phenoxy) is 1. The van der Waals surface area contributed by atoms with E-state index in [-0.39, 0.29) is 16.9 Å². The lowest BCUT2D eigenvalue weighted by molar-refractivity contribution is 0.416. The van der Waals surface area contributed by atoms with Crippen molar-refractivity contribution in [2.75, 3.05) is 12.8 Å². The van der Waals surface area contributed by atoms with Crippen LogP contribution in [0.25, 0.3) is 22.4 Å². The molecule has 0 aliphatic rings. The molecule has 0 amide bonds. The van der Waals surface area contributed by atoms with Crippen molar-refractivity contribution in [1.29, 1.82) is 5.26 Å². The average Bonchev–Trinajstić information content (AvgIpc) is 2.61. The molecule has 0 saturated heterocycles. The van der Waals surface area contributed by atoms with Crippen LogP contribution in [0.3, 0.4) is 0 Å². The Morgan fingerprint density at radius 2 is 1.88 bits per heavy atom. The highest BCUT2D eigenvalue weighted by molar-refractivity contribution is 9.10. The van der Waals surface area contributed by atoms with Gasteiger partial charge in [-0.25, -0.2) is 9.37 Å². The van der Waals surface area contributed by atoms with Crippen LogP contribution in [0, 0.1) is 17.1 Å². The van der Waals surface area contributed by atoms with Crippen LogP contribution >= 0.6 is 15.9 Å². The minimum atomic E-state index is -0.456. The number of nitriles is 1. The molecule has 0 saturated carbocycles. The number of pyridine rings is 1. The third kappa shape index (κ3) is 3.19. The van der Waals surface area contributed by atoms with Crippen LogP contribution in [-0.2, 0) is 0 Å². The standard InChI is InChI=1S/C19H13BrFN3O/c1-25-18-5-3-2-4-13(18)17-9-14(15(10-22)19(23)24-17)12-7-6-11(20)8-16(12)21/h2-9H,1H3,(H2,23,24). The number of rotatable bonds is 3. The van der Waals surface area contributed by atoms with E-state index in [0.717, 1.165) is 0 Å². The Hall–Kier alpha value is -2.91. The summed E-state index contributed by atoms with van der Waals surface area (Å²) < 4.78 is 20.4. The van der Waals surface area contributed by atoms with Crippen LogP contribution in [0.15, 0.2) is 53.0 Å². The lowest BCUT2D eigenvalue weighted by atomic mass is 9.98. The molecule has 6 heteroatoms. The van der Waals surface area contributed by atoms with E-state index in [9.17, 15) is 9.65 Å². The Bertz CT molecular complexity index is 998. The van der Waals surface area contributed by atoms with E-state index in [1.165, 1.54) is 6.07 Å². The molecule has 0 radical (unpaired) electrons. The average molecular weight is 398 g/mol. The zero-order valence-corrected chi connectivity index (χ0v) is 14.8. The first-order valence-electron chi connectivity index (χ1n) is 7.34. The highest BCUT2D eigenvalue weighted by atomic mass is 79.9. The summed E-state index contributed by atoms with van der Waals surface area (Å²) in [5.41, 5.74) is 8.00. The lowest BCUT2D eigenvalue weighted by Crippen LogP contribution is -2.01. The van der Waals surface area contributed by atoms with Crippen LogP contribution in [0.1, 0.15) is 5.56 Å². The van der Waals surface area contributed by atoms with Crippen LogP contribution in [-0.4, -0.2) is 12.1 Å². The summed E-state index contributed by atoms with van der Waals surface area (Å²) in [6.07, 6.45) is 0. The second kappa shape index (κ2) is 6.91. The summed E-state index contributed by atoms with van der Waals surface area (Å²) in [6, 6.07) is 15.6. The van der Waals surface area contributed by atoms with Gasteiger partial charge in [0.15, 0.2) is 0 Å². The third-order valence-electron chi connectivity index (χ3n) is 3.76. The number of nitrogens with two attached hydrogens (primary N) is 1. The summed E-state index contributed by atoms with van der Waals surface area (Å²) in [7, 11) is 1.56. The highest BCUT2D eigenvalue weighted by Crippen LogP contribution is 2.36. The Morgan fingerprint density at radius 1 is 1.12 bits per heavy atom. The van der Waals surface area contributed by atoms with E-state index >= 15 is 0 Å². The minimum absolute atomic E-state index is 0.0447. The van der Waals surface area contributed by atoms with Gasteiger partial charge in [-0.15, -0.1) is 0 Å². The molecule has 3 aromatic rings. The number of hydrogen-bond acceptors (Lipinski definition) is 4. The summed E-state index contributed by atoms with van der Waals surface area (Å²) in [5, 5.41) is 9.44. The second-order valence-corrected chi connectivity index (χ2v) is 6.17. The zero-order chi connectivity index (χ0) is 18.0. The summed E-state index contributed by atoms with van der Waals surface area (Å²) >= 11 is 3.23. The quantitative estimate of drug-likeness (QED) is 0.689. The van der Waals surface area contributed by atoms with Crippen molar-refractivity contribution in [2.24, 2.45) is 0 Å². The Labute approximate surface area is 152 Å². The van der Waals surface area contributed by atoms with Gasteiger partial charge >= 0.3 is 0 Å². The van der Waals surface area contributed by atoms with Crippen molar-refractivity contribution in [2.45, 2.75) is 0 Å². The Balaban J connectivity index is 2.29. The van der Waals surface area contributed by atoms with Gasteiger partial charge in [-0.3, -0.25) is 0 Å². The number of benzene rings is 2. The molecule has 0 unspecified atom stereocenters. The van der Waals surface area contributed by atoms with Crippen LogP contribution in [0.2, 0.25) is 0 Å². The van der Waals surface area contributed by atoms with E-state index in [1.54, 1.807) is 31.4 Å². The zero-order valence-electron chi connectivity index (χ0n) is 13.3. The first-order chi connectivity index (χ1) is 12.0. The number of nitrogen functional groups attached to an aromatic ring is 1. The molecule has 124 valence electrons. The van der Waals surface area contributed by atoms with Crippen molar-refractivity contribution < 1.29 is 9.13 Å². The van der Waals surface area contributed by atoms with Crippen molar-refractivity contribution in [3.05, 3.63) is 64.4 Å². The predicted octanol–water partition coefficient (Wildman–Crippen LogP) is 4.78. The van der Waals surface area contributed by atoms with Crippen molar-refractivity contribution in [3.8, 4) is 34.2 Å². The van der Waals surface area contributed by atoms with Crippen LogP contribution < -0.4 is 10.5 Å². The number of para-hydroxylation sites is 1. The molecule has 0 aliphatic heterocycles. The normalized spacial score (nSPS) is 10.3. The van der Waals surface area contributed by atoms with Crippen molar-refractivity contribution in [1.82, 2.24) is 4.98 Å². The SMILES string of the molecule is COc1ccccc1-c1cc(-c2ccc(Br)cc2F)c(C#N)c(N)n1. The van der Waals surface area contributed by atoms with E-state index in [1.807, 2.05) is 24.3 Å². The van der Waals surface area contributed by atoms with Gasteiger partial charge in [-0.2, -0.15) is 5.26 Å². The molecule has 4 nitrogen and oxygen atoms in total. The second-order valence-electron chi connectivity index (χ2n) is 5.25. The molecule has 1 heterocycles. The number of methoxy groups -OCH3 is 1. The molecule has 2 aromatic carbocycles. The maximum Gasteiger partial charge on any atom is 0.142 e.